The second-order valence-electron chi connectivity index (χ2n) is 4.98. The Labute approximate surface area is 117 Å². The van der Waals surface area contributed by atoms with Crippen LogP contribution in [0.3, 0.4) is 0 Å². The first kappa shape index (κ1) is 15.8. The Balaban J connectivity index is 1.89. The fourth-order valence-corrected chi connectivity index (χ4v) is 2.11. The summed E-state index contributed by atoms with van der Waals surface area (Å²) >= 11 is 0. The molecule has 0 aliphatic rings. The molecule has 0 fully saturated rings. The van der Waals surface area contributed by atoms with Gasteiger partial charge in [0.05, 0.1) is 5.69 Å². The average molecular weight is 261 g/mol. The van der Waals surface area contributed by atoms with Crippen LogP contribution < -0.4 is 0 Å². The summed E-state index contributed by atoms with van der Waals surface area (Å²) in [5, 5.41) is 8.22. The highest BCUT2D eigenvalue weighted by atomic mass is 15.4. The molecular formula is C16H27N3. The molecule has 0 unspecified atom stereocenters. The lowest BCUT2D eigenvalue weighted by atomic mass is 10.1. The van der Waals surface area contributed by atoms with Crippen molar-refractivity contribution in [1.29, 1.82) is 0 Å². The molecule has 19 heavy (non-hydrogen) atoms. The third kappa shape index (κ3) is 7.66. The third-order valence-corrected chi connectivity index (χ3v) is 3.31. The Morgan fingerprint density at radius 1 is 1.05 bits per heavy atom. The summed E-state index contributed by atoms with van der Waals surface area (Å²) in [7, 11) is 0. The number of nitrogens with zero attached hydrogens (tertiary/aromatic N) is 3. The van der Waals surface area contributed by atoms with Gasteiger partial charge in [-0.25, -0.2) is 0 Å². The van der Waals surface area contributed by atoms with Crippen molar-refractivity contribution in [2.45, 2.75) is 78.2 Å². The maximum absolute atomic E-state index is 4.12. The molecule has 0 atom stereocenters. The second-order valence-corrected chi connectivity index (χ2v) is 4.98. The van der Waals surface area contributed by atoms with Gasteiger partial charge in [-0.15, -0.1) is 16.9 Å². The van der Waals surface area contributed by atoms with E-state index in [4.69, 9.17) is 0 Å². The van der Waals surface area contributed by atoms with Gasteiger partial charge in [0.25, 0.3) is 0 Å². The minimum atomic E-state index is 0.975. The van der Waals surface area contributed by atoms with E-state index in [9.17, 15) is 0 Å². The second kappa shape index (κ2) is 10.6. The van der Waals surface area contributed by atoms with Gasteiger partial charge in [-0.2, -0.15) is 0 Å². The van der Waals surface area contributed by atoms with Crippen molar-refractivity contribution < 1.29 is 0 Å². The molecule has 0 saturated carbocycles. The van der Waals surface area contributed by atoms with Crippen LogP contribution in [0.5, 0.6) is 0 Å². The van der Waals surface area contributed by atoms with Crippen LogP contribution in [0.15, 0.2) is 6.20 Å². The zero-order chi connectivity index (χ0) is 13.8. The molecule has 3 nitrogen and oxygen atoms in total. The minimum Gasteiger partial charge on any atom is -0.252 e. The smallest absolute Gasteiger partial charge is 0.0824 e. The normalized spacial score (nSPS) is 10.2. The third-order valence-electron chi connectivity index (χ3n) is 3.31. The number of unbranched alkanes of at least 4 members (excludes halogenated alkanes) is 7. The zero-order valence-corrected chi connectivity index (χ0v) is 12.5. The number of aromatic nitrogens is 3. The van der Waals surface area contributed by atoms with Crippen LogP contribution in [0.1, 0.15) is 70.9 Å². The summed E-state index contributed by atoms with van der Waals surface area (Å²) in [6.07, 6.45) is 13.3. The number of hydrogen-bond donors (Lipinski definition) is 0. The Morgan fingerprint density at radius 3 is 2.37 bits per heavy atom. The van der Waals surface area contributed by atoms with Crippen molar-refractivity contribution in [3.63, 3.8) is 0 Å². The highest BCUT2D eigenvalue weighted by Crippen LogP contribution is 2.09. The summed E-state index contributed by atoms with van der Waals surface area (Å²) in [5.41, 5.74) is 1.09. The minimum absolute atomic E-state index is 0.975. The Bertz CT molecular complexity index is 384. The highest BCUT2D eigenvalue weighted by Gasteiger charge is 1.97. The maximum atomic E-state index is 4.12. The number of aryl methyl sites for hydroxylation is 2. The summed E-state index contributed by atoms with van der Waals surface area (Å²) in [5.74, 6) is 6.06. The topological polar surface area (TPSA) is 30.7 Å². The summed E-state index contributed by atoms with van der Waals surface area (Å²) in [6.45, 7) is 5.04. The van der Waals surface area contributed by atoms with Crippen molar-refractivity contribution in [2.24, 2.45) is 0 Å². The molecule has 0 saturated heterocycles. The van der Waals surface area contributed by atoms with Gasteiger partial charge in [0.1, 0.15) is 0 Å². The average Bonchev–Trinajstić information content (AvgIpc) is 2.89. The van der Waals surface area contributed by atoms with E-state index in [0.717, 1.165) is 25.1 Å². The lowest BCUT2D eigenvalue weighted by molar-refractivity contribution is 0.512. The van der Waals surface area contributed by atoms with E-state index < -0.39 is 0 Å². The fourth-order valence-electron chi connectivity index (χ4n) is 2.11. The zero-order valence-electron chi connectivity index (χ0n) is 12.5. The van der Waals surface area contributed by atoms with Crippen LogP contribution in [0.4, 0.5) is 0 Å². The number of rotatable bonds is 10. The van der Waals surface area contributed by atoms with Crippen molar-refractivity contribution in [1.82, 2.24) is 15.0 Å². The molecule has 0 aliphatic carbocycles. The SMILES string of the molecule is CC#CCCCCCCCCCn1cc(CC)nn1. The van der Waals surface area contributed by atoms with Crippen molar-refractivity contribution in [3.05, 3.63) is 11.9 Å². The van der Waals surface area contributed by atoms with Gasteiger partial charge < -0.3 is 0 Å². The van der Waals surface area contributed by atoms with E-state index >= 15 is 0 Å². The van der Waals surface area contributed by atoms with E-state index in [2.05, 4.69) is 35.3 Å². The quantitative estimate of drug-likeness (QED) is 0.471. The van der Waals surface area contributed by atoms with Gasteiger partial charge in [-0.3, -0.25) is 4.68 Å². The molecule has 0 amide bonds. The molecule has 1 rings (SSSR count). The van der Waals surface area contributed by atoms with Crippen molar-refractivity contribution >= 4 is 0 Å². The molecule has 1 aromatic rings. The van der Waals surface area contributed by atoms with Crippen molar-refractivity contribution in [3.8, 4) is 11.8 Å². The predicted octanol–water partition coefficient (Wildman–Crippen LogP) is 3.98. The van der Waals surface area contributed by atoms with E-state index in [0.29, 0.717) is 0 Å². The van der Waals surface area contributed by atoms with E-state index in [-0.39, 0.29) is 0 Å². The molecule has 0 radical (unpaired) electrons. The molecule has 0 aromatic carbocycles. The van der Waals surface area contributed by atoms with Crippen LogP contribution in [0, 0.1) is 11.8 Å². The molecule has 0 bridgehead atoms. The lowest BCUT2D eigenvalue weighted by Crippen LogP contribution is -1.98. The van der Waals surface area contributed by atoms with E-state index in [1.165, 1.54) is 44.9 Å². The first-order valence-corrected chi connectivity index (χ1v) is 7.65. The Morgan fingerprint density at radius 2 is 1.74 bits per heavy atom. The molecule has 3 heteroatoms. The van der Waals surface area contributed by atoms with Crippen molar-refractivity contribution in [2.75, 3.05) is 0 Å². The summed E-state index contributed by atoms with van der Waals surface area (Å²) in [6, 6.07) is 0. The molecule has 106 valence electrons. The van der Waals surface area contributed by atoms with E-state index in [1.807, 2.05) is 11.6 Å². The van der Waals surface area contributed by atoms with Gasteiger partial charge >= 0.3 is 0 Å². The van der Waals surface area contributed by atoms with Crippen LogP contribution >= 0.6 is 0 Å². The Kier molecular flexibility index (Phi) is 8.80. The monoisotopic (exact) mass is 261 g/mol. The molecule has 0 aliphatic heterocycles. The lowest BCUT2D eigenvalue weighted by Gasteiger charge is -2.01. The molecule has 1 aromatic heterocycles. The van der Waals surface area contributed by atoms with Gasteiger partial charge in [0.2, 0.25) is 0 Å². The maximum Gasteiger partial charge on any atom is 0.0824 e. The van der Waals surface area contributed by atoms with Gasteiger partial charge in [-0.05, 0) is 26.2 Å². The van der Waals surface area contributed by atoms with Crippen LogP contribution in [-0.4, -0.2) is 15.0 Å². The van der Waals surface area contributed by atoms with Gasteiger partial charge in [0.15, 0.2) is 0 Å². The van der Waals surface area contributed by atoms with E-state index in [1.54, 1.807) is 0 Å². The standard InChI is InChI=1S/C16H27N3/c1-3-5-6-7-8-9-10-11-12-13-14-19-15-16(4-2)17-18-19/h15H,4,6-14H2,1-2H3. The summed E-state index contributed by atoms with van der Waals surface area (Å²) in [4.78, 5) is 0. The predicted molar refractivity (Wildman–Crippen MR) is 79.8 cm³/mol. The molecular weight excluding hydrogens is 234 g/mol. The van der Waals surface area contributed by atoms with Crippen LogP contribution in [0.2, 0.25) is 0 Å². The molecule has 0 N–H and O–H groups in total. The first-order chi connectivity index (χ1) is 9.36. The largest absolute Gasteiger partial charge is 0.252 e. The van der Waals surface area contributed by atoms with Crippen LogP contribution in [0.25, 0.3) is 0 Å². The van der Waals surface area contributed by atoms with Crippen LogP contribution in [-0.2, 0) is 13.0 Å². The first-order valence-electron chi connectivity index (χ1n) is 7.65. The number of hydrogen-bond acceptors (Lipinski definition) is 2. The van der Waals surface area contributed by atoms with Gasteiger partial charge in [-0.1, -0.05) is 44.2 Å². The Hall–Kier alpha value is -1.30. The summed E-state index contributed by atoms with van der Waals surface area (Å²) < 4.78 is 1.97. The van der Waals surface area contributed by atoms with Gasteiger partial charge in [0, 0.05) is 19.2 Å². The fraction of sp³-hybridized carbons (Fsp3) is 0.750. The molecule has 1 heterocycles. The highest BCUT2D eigenvalue weighted by molar-refractivity contribution is 4.94. The molecule has 0 spiro atoms.